The smallest absolute Gasteiger partial charge is 0.475 e. The molecule has 0 bridgehead atoms. The van der Waals surface area contributed by atoms with Gasteiger partial charge in [-0.25, -0.2) is 14.6 Å². The number of alkyl halides is 3. The molecule has 38 heavy (non-hydrogen) atoms. The summed E-state index contributed by atoms with van der Waals surface area (Å²) in [5.74, 6) is -2.31. The summed E-state index contributed by atoms with van der Waals surface area (Å²) in [5.41, 5.74) is 2.14. The zero-order valence-electron chi connectivity index (χ0n) is 19.5. The number of carbonyl (C=O) groups excluding carboxylic acids is 1. The fourth-order valence-corrected chi connectivity index (χ4v) is 3.68. The molecule has 0 radical (unpaired) electrons. The minimum Gasteiger partial charge on any atom is -0.475 e. The lowest BCUT2D eigenvalue weighted by atomic mass is 10.2. The summed E-state index contributed by atoms with van der Waals surface area (Å²) in [6.45, 7) is 2.23. The molecule has 2 N–H and O–H groups in total. The Morgan fingerprint density at radius 2 is 1.61 bits per heavy atom. The number of carboxylic acid groups (broad SMARTS) is 1. The average molecular weight is 549 g/mol. The van der Waals surface area contributed by atoms with E-state index in [0.29, 0.717) is 54.4 Å². The van der Waals surface area contributed by atoms with Gasteiger partial charge in [0.25, 0.3) is 0 Å². The molecule has 1 saturated heterocycles. The number of para-hydroxylation sites is 2. The first kappa shape index (κ1) is 26.7. The number of urea groups is 1. The Kier molecular flexibility index (Phi) is 7.96. The van der Waals surface area contributed by atoms with Crippen LogP contribution in [0.2, 0.25) is 5.02 Å². The summed E-state index contributed by atoms with van der Waals surface area (Å²) in [4.78, 5) is 34.3. The molecule has 10 nitrogen and oxygen atoms in total. The summed E-state index contributed by atoms with van der Waals surface area (Å²) >= 11 is 6.12. The van der Waals surface area contributed by atoms with Gasteiger partial charge in [-0.05, 0) is 24.3 Å². The van der Waals surface area contributed by atoms with Crippen LogP contribution < -0.4 is 10.2 Å². The van der Waals surface area contributed by atoms with Crippen LogP contribution in [-0.2, 0) is 4.79 Å². The molecule has 198 valence electrons. The van der Waals surface area contributed by atoms with Crippen molar-refractivity contribution in [1.82, 2.24) is 20.0 Å². The van der Waals surface area contributed by atoms with E-state index >= 15 is 0 Å². The summed E-state index contributed by atoms with van der Waals surface area (Å²) in [6.07, 6.45) is -5.08. The molecular weight excluding hydrogens is 529 g/mol. The Bertz CT molecular complexity index is 1440. The second-order valence-electron chi connectivity index (χ2n) is 7.98. The molecule has 1 aliphatic heterocycles. The lowest BCUT2D eigenvalue weighted by Crippen LogP contribution is -2.50. The molecule has 4 aromatic rings. The van der Waals surface area contributed by atoms with Crippen LogP contribution in [0.5, 0.6) is 0 Å². The number of aliphatic carboxylic acids is 1. The van der Waals surface area contributed by atoms with Crippen molar-refractivity contribution in [2.45, 2.75) is 6.18 Å². The molecule has 0 unspecified atom stereocenters. The molecule has 2 aromatic heterocycles. The second-order valence-corrected chi connectivity index (χ2v) is 8.38. The molecule has 0 aliphatic carbocycles. The van der Waals surface area contributed by atoms with Crippen molar-refractivity contribution in [2.24, 2.45) is 0 Å². The number of carboxylic acids is 1. The molecule has 5 rings (SSSR count). The number of aromatic nitrogens is 3. The van der Waals surface area contributed by atoms with Crippen LogP contribution in [0, 0.1) is 0 Å². The Morgan fingerprint density at radius 1 is 0.947 bits per heavy atom. The topological polar surface area (TPSA) is 125 Å². The molecule has 3 heterocycles. The number of halogens is 4. The highest BCUT2D eigenvalue weighted by atomic mass is 35.5. The van der Waals surface area contributed by atoms with Crippen molar-refractivity contribution in [3.8, 4) is 11.5 Å². The Morgan fingerprint density at radius 3 is 2.29 bits per heavy atom. The van der Waals surface area contributed by atoms with E-state index < -0.39 is 12.1 Å². The lowest BCUT2D eigenvalue weighted by molar-refractivity contribution is -0.192. The Hall–Kier alpha value is -4.39. The first-order valence-corrected chi connectivity index (χ1v) is 11.5. The van der Waals surface area contributed by atoms with Crippen LogP contribution in [0.1, 0.15) is 0 Å². The third-order valence-corrected chi connectivity index (χ3v) is 5.77. The monoisotopic (exact) mass is 548 g/mol. The zero-order valence-corrected chi connectivity index (χ0v) is 20.3. The number of hydrogen-bond acceptors (Lipinski definition) is 7. The standard InChI is InChI=1S/C22H19ClN6O2.C2HF3O2/c23-16-6-2-4-8-18(16)25-21(30)28-11-13-29(14-12-28)22-26-20(27-31-22)19-10-9-15-5-1-3-7-17(15)24-19;3-2(4,5)1(6)7/h1-10H,11-14H2,(H,25,30);(H,6,7). The van der Waals surface area contributed by atoms with Gasteiger partial charge in [0, 0.05) is 31.6 Å². The third kappa shape index (κ3) is 6.48. The highest BCUT2D eigenvalue weighted by molar-refractivity contribution is 6.33. The first-order valence-electron chi connectivity index (χ1n) is 11.2. The molecule has 1 fully saturated rings. The summed E-state index contributed by atoms with van der Waals surface area (Å²) in [7, 11) is 0. The number of fused-ring (bicyclic) bond motifs is 1. The van der Waals surface area contributed by atoms with Crippen molar-refractivity contribution in [3.05, 3.63) is 65.7 Å². The lowest BCUT2D eigenvalue weighted by Gasteiger charge is -2.33. The molecule has 1 aliphatic rings. The van der Waals surface area contributed by atoms with Gasteiger partial charge in [-0.15, -0.1) is 0 Å². The first-order chi connectivity index (χ1) is 18.1. The fourth-order valence-electron chi connectivity index (χ4n) is 3.50. The Balaban J connectivity index is 0.000000426. The van der Waals surface area contributed by atoms with E-state index in [1.807, 2.05) is 53.4 Å². The largest absolute Gasteiger partial charge is 0.490 e. The van der Waals surface area contributed by atoms with Crippen LogP contribution in [-0.4, -0.2) is 69.5 Å². The molecule has 0 spiro atoms. The number of carbonyl (C=O) groups is 2. The van der Waals surface area contributed by atoms with E-state index in [-0.39, 0.29) is 6.03 Å². The van der Waals surface area contributed by atoms with Crippen molar-refractivity contribution >= 4 is 46.2 Å². The van der Waals surface area contributed by atoms with E-state index in [2.05, 4.69) is 20.4 Å². The second kappa shape index (κ2) is 11.3. The van der Waals surface area contributed by atoms with Crippen molar-refractivity contribution in [2.75, 3.05) is 36.4 Å². The maximum Gasteiger partial charge on any atom is 0.490 e. The number of nitrogens with one attached hydrogen (secondary N) is 1. The van der Waals surface area contributed by atoms with Crippen LogP contribution >= 0.6 is 11.6 Å². The van der Waals surface area contributed by atoms with Gasteiger partial charge in [0.1, 0.15) is 5.69 Å². The Labute approximate surface area is 218 Å². The number of benzene rings is 2. The molecule has 14 heteroatoms. The number of rotatable bonds is 3. The van der Waals surface area contributed by atoms with E-state index in [9.17, 15) is 18.0 Å². The van der Waals surface area contributed by atoms with Crippen LogP contribution in [0.3, 0.4) is 0 Å². The maximum absolute atomic E-state index is 12.5. The predicted molar refractivity (Wildman–Crippen MR) is 133 cm³/mol. The number of piperazine rings is 1. The molecular formula is C24H20ClF3N6O4. The minimum absolute atomic E-state index is 0.181. The van der Waals surface area contributed by atoms with Crippen LogP contribution in [0.4, 0.5) is 29.7 Å². The van der Waals surface area contributed by atoms with Gasteiger partial charge in [0.15, 0.2) is 0 Å². The van der Waals surface area contributed by atoms with Crippen LogP contribution in [0.25, 0.3) is 22.4 Å². The average Bonchev–Trinajstić information content (AvgIpc) is 3.40. The summed E-state index contributed by atoms with van der Waals surface area (Å²) in [5, 5.41) is 15.6. The quantitative estimate of drug-likeness (QED) is 0.369. The van der Waals surface area contributed by atoms with Gasteiger partial charge in [0.05, 0.1) is 16.2 Å². The molecule has 2 amide bonds. The van der Waals surface area contributed by atoms with E-state index in [0.717, 1.165) is 10.9 Å². The molecule has 0 atom stereocenters. The van der Waals surface area contributed by atoms with Crippen molar-refractivity contribution in [1.29, 1.82) is 0 Å². The van der Waals surface area contributed by atoms with Crippen molar-refractivity contribution in [3.63, 3.8) is 0 Å². The van der Waals surface area contributed by atoms with Gasteiger partial charge in [-0.2, -0.15) is 18.2 Å². The minimum atomic E-state index is -5.08. The van der Waals surface area contributed by atoms with E-state index in [1.165, 1.54) is 0 Å². The fraction of sp³-hybridized carbons (Fsp3) is 0.208. The number of amides is 2. The number of hydrogen-bond donors (Lipinski definition) is 2. The van der Waals surface area contributed by atoms with Gasteiger partial charge >= 0.3 is 24.2 Å². The van der Waals surface area contributed by atoms with Gasteiger partial charge < -0.3 is 24.7 Å². The highest BCUT2D eigenvalue weighted by Gasteiger charge is 2.38. The van der Waals surface area contributed by atoms with Gasteiger partial charge in [-0.1, -0.05) is 53.2 Å². The zero-order chi connectivity index (χ0) is 27.3. The molecule has 0 saturated carbocycles. The van der Waals surface area contributed by atoms with Gasteiger partial charge in [0.2, 0.25) is 5.82 Å². The molecule has 2 aromatic carbocycles. The van der Waals surface area contributed by atoms with E-state index in [4.69, 9.17) is 26.0 Å². The highest BCUT2D eigenvalue weighted by Crippen LogP contribution is 2.23. The number of pyridine rings is 1. The normalized spacial score (nSPS) is 13.6. The summed E-state index contributed by atoms with van der Waals surface area (Å²) < 4.78 is 37.2. The van der Waals surface area contributed by atoms with E-state index in [1.54, 1.807) is 17.0 Å². The van der Waals surface area contributed by atoms with Crippen molar-refractivity contribution < 1.29 is 32.4 Å². The predicted octanol–water partition coefficient (Wildman–Crippen LogP) is 4.93. The number of nitrogens with zero attached hydrogens (tertiary/aromatic N) is 5. The van der Waals surface area contributed by atoms with Gasteiger partial charge in [-0.3, -0.25) is 0 Å². The third-order valence-electron chi connectivity index (χ3n) is 5.44. The van der Waals surface area contributed by atoms with Crippen LogP contribution in [0.15, 0.2) is 65.2 Å². The number of anilines is 2. The summed E-state index contributed by atoms with van der Waals surface area (Å²) in [6, 6.07) is 19.2. The maximum atomic E-state index is 12.5. The SMILES string of the molecule is O=C(Nc1ccccc1Cl)N1CCN(c2nc(-c3ccc4ccccc4n3)no2)CC1.O=C(O)C(F)(F)F.